The van der Waals surface area contributed by atoms with Crippen molar-refractivity contribution in [2.45, 2.75) is 32.7 Å². The number of H-pyrrole nitrogens is 2. The summed E-state index contributed by atoms with van der Waals surface area (Å²) in [5, 5.41) is 10.3. The largest absolute Gasteiger partial charge is 0.346 e. The van der Waals surface area contributed by atoms with E-state index >= 15 is 0 Å². The Balaban J connectivity index is 1.59. The number of aryl methyl sites for hydroxylation is 2. The summed E-state index contributed by atoms with van der Waals surface area (Å²) in [5.41, 5.74) is 5.73. The first kappa shape index (κ1) is 18.0. The van der Waals surface area contributed by atoms with Gasteiger partial charge < -0.3 is 10.3 Å². The summed E-state index contributed by atoms with van der Waals surface area (Å²) in [6.07, 6.45) is 0.954. The summed E-state index contributed by atoms with van der Waals surface area (Å²) >= 11 is 0. The van der Waals surface area contributed by atoms with Crippen molar-refractivity contribution >= 4 is 16.9 Å². The molecule has 0 spiro atoms. The van der Waals surface area contributed by atoms with E-state index in [1.165, 1.54) is 0 Å². The Morgan fingerprint density at radius 3 is 2.54 bits per heavy atom. The van der Waals surface area contributed by atoms with Crippen molar-refractivity contribution in [2.75, 3.05) is 0 Å². The van der Waals surface area contributed by atoms with Crippen molar-refractivity contribution in [3.8, 4) is 0 Å². The van der Waals surface area contributed by atoms with Crippen LogP contribution in [-0.2, 0) is 17.6 Å². The fourth-order valence-corrected chi connectivity index (χ4v) is 3.44. The summed E-state index contributed by atoms with van der Waals surface area (Å²) in [5.74, 6) is 0.716. The van der Waals surface area contributed by atoms with Crippen LogP contribution in [0.25, 0.3) is 11.0 Å². The number of carbonyl (C=O) groups is 1. The van der Waals surface area contributed by atoms with E-state index in [9.17, 15) is 4.79 Å². The van der Waals surface area contributed by atoms with E-state index in [0.29, 0.717) is 12.8 Å². The summed E-state index contributed by atoms with van der Waals surface area (Å²) in [6, 6.07) is 17.8. The molecule has 0 fully saturated rings. The number of benzene rings is 2. The van der Waals surface area contributed by atoms with Crippen LogP contribution < -0.4 is 5.32 Å². The fraction of sp³-hybridized carbons (Fsp3) is 0.227. The zero-order chi connectivity index (χ0) is 19.5. The number of fused-ring (bicyclic) bond motifs is 1. The minimum absolute atomic E-state index is 0.0472. The van der Waals surface area contributed by atoms with Crippen molar-refractivity contribution in [3.63, 3.8) is 0 Å². The van der Waals surface area contributed by atoms with Gasteiger partial charge in [-0.05, 0) is 38.0 Å². The van der Waals surface area contributed by atoms with Gasteiger partial charge in [0.15, 0.2) is 0 Å². The lowest BCUT2D eigenvalue weighted by molar-refractivity contribution is -0.121. The summed E-state index contributed by atoms with van der Waals surface area (Å²) < 4.78 is 0. The number of aromatic nitrogens is 4. The van der Waals surface area contributed by atoms with Crippen LogP contribution in [0.1, 0.15) is 34.4 Å². The number of hydrogen-bond acceptors (Lipinski definition) is 3. The zero-order valence-electron chi connectivity index (χ0n) is 16.0. The smallest absolute Gasteiger partial charge is 0.225 e. The number of para-hydroxylation sites is 2. The van der Waals surface area contributed by atoms with Gasteiger partial charge in [-0.3, -0.25) is 9.89 Å². The lowest BCUT2D eigenvalue weighted by atomic mass is 10.0. The van der Waals surface area contributed by atoms with Gasteiger partial charge in [0.05, 0.1) is 29.2 Å². The highest BCUT2D eigenvalue weighted by molar-refractivity contribution is 5.80. The van der Waals surface area contributed by atoms with Crippen LogP contribution in [0.2, 0.25) is 0 Å². The van der Waals surface area contributed by atoms with Crippen LogP contribution in [0.3, 0.4) is 0 Å². The van der Waals surface area contributed by atoms with Crippen molar-refractivity contribution in [1.29, 1.82) is 0 Å². The molecule has 4 rings (SSSR count). The molecule has 0 saturated carbocycles. The maximum Gasteiger partial charge on any atom is 0.225 e. The number of aromatic amines is 2. The van der Waals surface area contributed by atoms with Gasteiger partial charge in [0.25, 0.3) is 0 Å². The molecular formula is C22H23N5O. The van der Waals surface area contributed by atoms with Crippen LogP contribution in [0.5, 0.6) is 0 Å². The molecule has 2 aromatic carbocycles. The fourth-order valence-electron chi connectivity index (χ4n) is 3.44. The predicted octanol–water partition coefficient (Wildman–Crippen LogP) is 3.55. The molecule has 2 heterocycles. The first-order chi connectivity index (χ1) is 13.6. The van der Waals surface area contributed by atoms with Crippen LogP contribution in [0, 0.1) is 13.8 Å². The molecule has 1 amide bonds. The third-order valence-corrected chi connectivity index (χ3v) is 4.97. The van der Waals surface area contributed by atoms with Gasteiger partial charge in [0.1, 0.15) is 5.82 Å². The van der Waals surface area contributed by atoms with Crippen molar-refractivity contribution in [1.82, 2.24) is 25.5 Å². The number of imidazole rings is 1. The molecule has 6 nitrogen and oxygen atoms in total. The van der Waals surface area contributed by atoms with Gasteiger partial charge in [-0.15, -0.1) is 0 Å². The van der Waals surface area contributed by atoms with E-state index in [1.54, 1.807) is 0 Å². The molecular weight excluding hydrogens is 350 g/mol. The molecule has 0 radical (unpaired) electrons. The lowest BCUT2D eigenvalue weighted by Gasteiger charge is -2.17. The van der Waals surface area contributed by atoms with E-state index in [0.717, 1.165) is 39.4 Å². The average Bonchev–Trinajstić information content (AvgIpc) is 3.27. The molecule has 6 heteroatoms. The second kappa shape index (κ2) is 7.68. The summed E-state index contributed by atoms with van der Waals surface area (Å²) in [7, 11) is 0. The first-order valence-corrected chi connectivity index (χ1v) is 9.38. The number of rotatable bonds is 6. The van der Waals surface area contributed by atoms with Crippen molar-refractivity contribution in [3.05, 3.63) is 82.9 Å². The van der Waals surface area contributed by atoms with Gasteiger partial charge in [-0.2, -0.15) is 5.10 Å². The SMILES string of the molecule is Cc1n[nH]c(C)c1CC(=O)N[C@H](Cc1ccccc1)c1nc2ccccc2[nH]1. The van der Waals surface area contributed by atoms with Gasteiger partial charge >= 0.3 is 0 Å². The molecule has 1 atom stereocenters. The molecule has 0 saturated heterocycles. The molecule has 0 aliphatic rings. The monoisotopic (exact) mass is 373 g/mol. The normalized spacial score (nSPS) is 12.2. The van der Waals surface area contributed by atoms with Gasteiger partial charge in [0.2, 0.25) is 5.91 Å². The molecule has 3 N–H and O–H groups in total. The molecule has 28 heavy (non-hydrogen) atoms. The molecule has 0 aliphatic heterocycles. The highest BCUT2D eigenvalue weighted by atomic mass is 16.1. The van der Waals surface area contributed by atoms with Gasteiger partial charge in [-0.1, -0.05) is 42.5 Å². The minimum Gasteiger partial charge on any atom is -0.346 e. The van der Waals surface area contributed by atoms with Crippen molar-refractivity contribution in [2.24, 2.45) is 0 Å². The van der Waals surface area contributed by atoms with Gasteiger partial charge in [0, 0.05) is 11.3 Å². The Kier molecular flexibility index (Phi) is 4.93. The van der Waals surface area contributed by atoms with Crippen LogP contribution in [0.4, 0.5) is 0 Å². The molecule has 0 bridgehead atoms. The van der Waals surface area contributed by atoms with E-state index in [4.69, 9.17) is 4.98 Å². The Hall–Kier alpha value is -3.41. The minimum atomic E-state index is -0.241. The number of nitrogens with zero attached hydrogens (tertiary/aromatic N) is 2. The molecule has 2 aromatic heterocycles. The lowest BCUT2D eigenvalue weighted by Crippen LogP contribution is -2.32. The molecule has 142 valence electrons. The van der Waals surface area contributed by atoms with E-state index < -0.39 is 0 Å². The third kappa shape index (κ3) is 3.81. The Morgan fingerprint density at radius 2 is 1.82 bits per heavy atom. The Bertz CT molecular complexity index is 1040. The number of amides is 1. The van der Waals surface area contributed by atoms with Crippen LogP contribution >= 0.6 is 0 Å². The quantitative estimate of drug-likeness (QED) is 0.483. The van der Waals surface area contributed by atoms with Crippen molar-refractivity contribution < 1.29 is 4.79 Å². The third-order valence-electron chi connectivity index (χ3n) is 4.97. The number of nitrogens with one attached hydrogen (secondary N) is 3. The maximum absolute atomic E-state index is 12.8. The summed E-state index contributed by atoms with van der Waals surface area (Å²) in [6.45, 7) is 3.84. The van der Waals surface area contributed by atoms with Crippen LogP contribution in [0.15, 0.2) is 54.6 Å². The Morgan fingerprint density at radius 1 is 1.07 bits per heavy atom. The average molecular weight is 373 g/mol. The maximum atomic E-state index is 12.8. The summed E-state index contributed by atoms with van der Waals surface area (Å²) in [4.78, 5) is 20.9. The van der Waals surface area contributed by atoms with E-state index in [-0.39, 0.29) is 11.9 Å². The molecule has 0 unspecified atom stereocenters. The highest BCUT2D eigenvalue weighted by Crippen LogP contribution is 2.20. The number of carbonyl (C=O) groups excluding carboxylic acids is 1. The van der Waals surface area contributed by atoms with Crippen LogP contribution in [-0.4, -0.2) is 26.1 Å². The predicted molar refractivity (Wildman–Crippen MR) is 109 cm³/mol. The van der Waals surface area contributed by atoms with E-state index in [2.05, 4.69) is 32.6 Å². The topological polar surface area (TPSA) is 86.5 Å². The molecule has 4 aromatic rings. The second-order valence-corrected chi connectivity index (χ2v) is 7.04. The highest BCUT2D eigenvalue weighted by Gasteiger charge is 2.20. The zero-order valence-corrected chi connectivity index (χ0v) is 16.0. The van der Waals surface area contributed by atoms with Gasteiger partial charge in [-0.25, -0.2) is 4.98 Å². The molecule has 0 aliphatic carbocycles. The van der Waals surface area contributed by atoms with E-state index in [1.807, 2.05) is 56.3 Å². The first-order valence-electron chi connectivity index (χ1n) is 9.38. The Labute approximate surface area is 163 Å². The number of hydrogen-bond donors (Lipinski definition) is 3. The second-order valence-electron chi connectivity index (χ2n) is 7.04. The standard InChI is InChI=1S/C22H23N5O/c1-14-17(15(2)27-26-14)13-21(28)23-20(12-16-8-4-3-5-9-16)22-24-18-10-6-7-11-19(18)25-22/h3-11,20H,12-13H2,1-2H3,(H,23,28)(H,24,25)(H,26,27)/t20-/m1/s1.